The molecule has 3 unspecified atom stereocenters. The highest BCUT2D eigenvalue weighted by molar-refractivity contribution is 5.92. The van der Waals surface area contributed by atoms with Crippen LogP contribution in [-0.4, -0.2) is 11.6 Å². The SMILES string of the molecule is CC1C(=O)CCC2(C)C3=CC(=O)CCC3(C)CC[C@@H]12. The summed E-state index contributed by atoms with van der Waals surface area (Å²) < 4.78 is 0. The molecule has 0 aliphatic heterocycles. The van der Waals surface area contributed by atoms with Crippen molar-refractivity contribution in [1.82, 2.24) is 0 Å². The Balaban J connectivity index is 2.06. The third kappa shape index (κ3) is 1.75. The second kappa shape index (κ2) is 4.04. The maximum absolute atomic E-state index is 12.0. The van der Waals surface area contributed by atoms with E-state index in [4.69, 9.17) is 0 Å². The van der Waals surface area contributed by atoms with Crippen molar-refractivity contribution in [2.24, 2.45) is 22.7 Å². The molecule has 0 spiro atoms. The van der Waals surface area contributed by atoms with Gasteiger partial charge in [-0.05, 0) is 48.5 Å². The molecule has 104 valence electrons. The lowest BCUT2D eigenvalue weighted by atomic mass is 9.47. The van der Waals surface area contributed by atoms with Crippen LogP contribution < -0.4 is 0 Å². The number of hydrogen-bond donors (Lipinski definition) is 0. The minimum absolute atomic E-state index is 0.0798. The van der Waals surface area contributed by atoms with Crippen molar-refractivity contribution >= 4 is 11.6 Å². The summed E-state index contributed by atoms with van der Waals surface area (Å²) in [5, 5.41) is 0. The van der Waals surface area contributed by atoms with Crippen LogP contribution in [0.15, 0.2) is 11.6 Å². The zero-order valence-corrected chi connectivity index (χ0v) is 12.3. The molecular weight excluding hydrogens is 236 g/mol. The molecule has 19 heavy (non-hydrogen) atoms. The number of carbonyl (C=O) groups excluding carboxylic acids is 2. The second-order valence-corrected chi connectivity index (χ2v) is 7.40. The summed E-state index contributed by atoms with van der Waals surface area (Å²) in [6, 6.07) is 0. The first-order chi connectivity index (χ1) is 8.87. The van der Waals surface area contributed by atoms with Crippen molar-refractivity contribution in [2.75, 3.05) is 0 Å². The van der Waals surface area contributed by atoms with Crippen molar-refractivity contribution in [3.05, 3.63) is 11.6 Å². The average molecular weight is 260 g/mol. The van der Waals surface area contributed by atoms with Crippen LogP contribution in [0.1, 0.15) is 59.3 Å². The Morgan fingerprint density at radius 3 is 2.58 bits per heavy atom. The first-order valence-corrected chi connectivity index (χ1v) is 7.65. The van der Waals surface area contributed by atoms with Crippen molar-refractivity contribution < 1.29 is 9.59 Å². The number of rotatable bonds is 0. The molecule has 3 aliphatic rings. The molecule has 0 radical (unpaired) electrons. The Morgan fingerprint density at radius 2 is 1.84 bits per heavy atom. The molecule has 0 heterocycles. The highest BCUT2D eigenvalue weighted by atomic mass is 16.1. The second-order valence-electron chi connectivity index (χ2n) is 7.40. The lowest BCUT2D eigenvalue weighted by Crippen LogP contribution is -2.50. The summed E-state index contributed by atoms with van der Waals surface area (Å²) in [5.41, 5.74) is 1.65. The molecule has 3 aliphatic carbocycles. The summed E-state index contributed by atoms with van der Waals surface area (Å²) in [7, 11) is 0. The number of carbonyl (C=O) groups is 2. The molecule has 0 aromatic heterocycles. The minimum Gasteiger partial charge on any atom is -0.299 e. The molecule has 0 bridgehead atoms. The fraction of sp³-hybridized carbons (Fsp3) is 0.765. The van der Waals surface area contributed by atoms with E-state index < -0.39 is 0 Å². The standard InChI is InChI=1S/C17H24O2/c1-11-13-5-8-16(2)7-4-12(18)10-15(16)17(13,3)9-6-14(11)19/h10-11,13H,4-9H2,1-3H3/t11?,13-,16?,17?/m0/s1. The monoisotopic (exact) mass is 260 g/mol. The molecule has 0 saturated heterocycles. The molecule has 0 aromatic rings. The van der Waals surface area contributed by atoms with E-state index in [0.717, 1.165) is 25.7 Å². The van der Waals surface area contributed by atoms with Crippen molar-refractivity contribution in [2.45, 2.75) is 59.3 Å². The van der Waals surface area contributed by atoms with E-state index in [1.54, 1.807) is 0 Å². The molecule has 0 aromatic carbocycles. The summed E-state index contributed by atoms with van der Waals surface area (Å²) in [6.45, 7) is 6.73. The average Bonchev–Trinajstić information content (AvgIpc) is 2.37. The summed E-state index contributed by atoms with van der Waals surface area (Å²) in [4.78, 5) is 23.9. The number of ketones is 2. The number of Topliss-reactive ketones (excluding diaryl/α,β-unsaturated/α-hetero) is 1. The van der Waals surface area contributed by atoms with Gasteiger partial charge in [-0.25, -0.2) is 0 Å². The smallest absolute Gasteiger partial charge is 0.155 e. The van der Waals surface area contributed by atoms with Crippen LogP contribution in [0.3, 0.4) is 0 Å². The van der Waals surface area contributed by atoms with E-state index in [9.17, 15) is 9.59 Å². The topological polar surface area (TPSA) is 34.1 Å². The Bertz CT molecular complexity index is 476. The molecule has 3 rings (SSSR count). The summed E-state index contributed by atoms with van der Waals surface area (Å²) in [5.74, 6) is 1.33. The summed E-state index contributed by atoms with van der Waals surface area (Å²) in [6.07, 6.45) is 7.57. The van der Waals surface area contributed by atoms with E-state index >= 15 is 0 Å². The van der Waals surface area contributed by atoms with Gasteiger partial charge in [0.15, 0.2) is 5.78 Å². The van der Waals surface area contributed by atoms with Crippen LogP contribution in [0.2, 0.25) is 0 Å². The molecule has 2 saturated carbocycles. The fourth-order valence-corrected chi connectivity index (χ4v) is 5.00. The van der Waals surface area contributed by atoms with Crippen LogP contribution in [0.5, 0.6) is 0 Å². The quantitative estimate of drug-likeness (QED) is 0.665. The van der Waals surface area contributed by atoms with E-state index in [1.165, 1.54) is 5.57 Å². The Labute approximate surface area is 115 Å². The molecule has 2 nitrogen and oxygen atoms in total. The van der Waals surface area contributed by atoms with Crippen molar-refractivity contribution in [3.8, 4) is 0 Å². The van der Waals surface area contributed by atoms with Gasteiger partial charge in [-0.1, -0.05) is 26.3 Å². The van der Waals surface area contributed by atoms with Gasteiger partial charge in [-0.2, -0.15) is 0 Å². The van der Waals surface area contributed by atoms with Gasteiger partial charge in [0, 0.05) is 18.8 Å². The number of allylic oxidation sites excluding steroid dienone is 2. The van der Waals surface area contributed by atoms with Gasteiger partial charge >= 0.3 is 0 Å². The van der Waals surface area contributed by atoms with Crippen LogP contribution >= 0.6 is 0 Å². The maximum atomic E-state index is 12.0. The zero-order chi connectivity index (χ0) is 13.8. The van der Waals surface area contributed by atoms with Gasteiger partial charge in [-0.15, -0.1) is 0 Å². The molecule has 0 N–H and O–H groups in total. The third-order valence-electron chi connectivity index (χ3n) is 6.32. The van der Waals surface area contributed by atoms with E-state index in [-0.39, 0.29) is 16.7 Å². The zero-order valence-electron chi connectivity index (χ0n) is 12.3. The maximum Gasteiger partial charge on any atom is 0.155 e. The van der Waals surface area contributed by atoms with Gasteiger partial charge in [0.1, 0.15) is 5.78 Å². The van der Waals surface area contributed by atoms with Crippen LogP contribution in [-0.2, 0) is 9.59 Å². The van der Waals surface area contributed by atoms with Gasteiger partial charge in [0.25, 0.3) is 0 Å². The summed E-state index contributed by atoms with van der Waals surface area (Å²) >= 11 is 0. The number of fused-ring (bicyclic) bond motifs is 3. The van der Waals surface area contributed by atoms with Crippen LogP contribution in [0.4, 0.5) is 0 Å². The molecule has 0 amide bonds. The molecule has 2 fully saturated rings. The van der Waals surface area contributed by atoms with E-state index in [2.05, 4.69) is 20.8 Å². The Kier molecular flexibility index (Phi) is 2.78. The van der Waals surface area contributed by atoms with Gasteiger partial charge < -0.3 is 0 Å². The van der Waals surface area contributed by atoms with Gasteiger partial charge in [0.2, 0.25) is 0 Å². The molecule has 2 heteroatoms. The predicted octanol–water partition coefficient (Wildman–Crippen LogP) is 3.70. The number of hydrogen-bond acceptors (Lipinski definition) is 2. The van der Waals surface area contributed by atoms with Gasteiger partial charge in [-0.3, -0.25) is 9.59 Å². The highest BCUT2D eigenvalue weighted by Gasteiger charge is 2.54. The minimum atomic E-state index is 0.0798. The van der Waals surface area contributed by atoms with Crippen molar-refractivity contribution in [3.63, 3.8) is 0 Å². The third-order valence-corrected chi connectivity index (χ3v) is 6.32. The lowest BCUT2D eigenvalue weighted by Gasteiger charge is -2.57. The van der Waals surface area contributed by atoms with Crippen LogP contribution in [0, 0.1) is 22.7 Å². The lowest BCUT2D eigenvalue weighted by molar-refractivity contribution is -0.131. The molecular formula is C17H24O2. The largest absolute Gasteiger partial charge is 0.299 e. The van der Waals surface area contributed by atoms with E-state index in [1.807, 2.05) is 6.08 Å². The predicted molar refractivity (Wildman–Crippen MR) is 74.7 cm³/mol. The van der Waals surface area contributed by atoms with Crippen LogP contribution in [0.25, 0.3) is 0 Å². The Morgan fingerprint density at radius 1 is 1.11 bits per heavy atom. The first-order valence-electron chi connectivity index (χ1n) is 7.65. The Hall–Kier alpha value is -0.920. The first kappa shape index (κ1) is 13.1. The van der Waals surface area contributed by atoms with Crippen molar-refractivity contribution in [1.29, 1.82) is 0 Å². The van der Waals surface area contributed by atoms with Gasteiger partial charge in [0.05, 0.1) is 0 Å². The highest BCUT2D eigenvalue weighted by Crippen LogP contribution is 2.62. The molecule has 4 atom stereocenters. The fourth-order valence-electron chi connectivity index (χ4n) is 5.00. The van der Waals surface area contributed by atoms with E-state index in [0.29, 0.717) is 30.3 Å². The normalized spacial score (nSPS) is 46.4.